The highest BCUT2D eigenvalue weighted by Crippen LogP contribution is 2.20. The Balaban J connectivity index is 1.72. The summed E-state index contributed by atoms with van der Waals surface area (Å²) >= 11 is 0. The average Bonchev–Trinajstić information content (AvgIpc) is 2.69. The van der Waals surface area contributed by atoms with Crippen molar-refractivity contribution in [3.8, 4) is 5.75 Å². The van der Waals surface area contributed by atoms with Crippen molar-refractivity contribution in [3.63, 3.8) is 0 Å². The monoisotopic (exact) mass is 391 g/mol. The topological polar surface area (TPSA) is 79.4 Å². The van der Waals surface area contributed by atoms with Gasteiger partial charge in [0.15, 0.2) is 0 Å². The smallest absolute Gasteiger partial charge is 0.274 e. The molecule has 1 aromatic heterocycles. The van der Waals surface area contributed by atoms with Gasteiger partial charge in [0.1, 0.15) is 11.4 Å². The summed E-state index contributed by atoms with van der Waals surface area (Å²) in [6.07, 6.45) is 0. The van der Waals surface area contributed by atoms with Crippen molar-refractivity contribution in [2.75, 3.05) is 36.2 Å². The Morgan fingerprint density at radius 2 is 1.66 bits per heavy atom. The van der Waals surface area contributed by atoms with E-state index < -0.39 is 0 Å². The van der Waals surface area contributed by atoms with Crippen LogP contribution in [0.3, 0.4) is 0 Å². The van der Waals surface area contributed by atoms with Crippen LogP contribution < -0.4 is 20.3 Å². The minimum atomic E-state index is -0.300. The summed E-state index contributed by atoms with van der Waals surface area (Å²) in [5.41, 5.74) is 3.60. The van der Waals surface area contributed by atoms with Gasteiger partial charge in [-0.05, 0) is 68.4 Å². The van der Waals surface area contributed by atoms with Crippen LogP contribution in [0, 0.1) is 6.92 Å². The molecule has 0 saturated heterocycles. The standard InChI is InChI=1S/C22H25N5O2/c1-5-29-19-12-8-16(9-13-19)24-21(28)20-14-15(2)23-22(26-20)25-17-6-10-18(11-7-17)27(3)4/h6-14H,5H2,1-4H3,(H,24,28)(H,23,25,26). The van der Waals surface area contributed by atoms with Crippen molar-refractivity contribution in [2.24, 2.45) is 0 Å². The number of amides is 1. The SMILES string of the molecule is CCOc1ccc(NC(=O)c2cc(C)nc(Nc3ccc(N(C)C)cc3)n2)cc1. The van der Waals surface area contributed by atoms with Gasteiger partial charge in [-0.15, -0.1) is 0 Å². The molecule has 0 aliphatic carbocycles. The highest BCUT2D eigenvalue weighted by molar-refractivity contribution is 6.03. The molecule has 0 unspecified atom stereocenters. The van der Waals surface area contributed by atoms with E-state index in [9.17, 15) is 4.79 Å². The number of aryl methyl sites for hydroxylation is 1. The fourth-order valence-corrected chi connectivity index (χ4v) is 2.71. The predicted octanol–water partition coefficient (Wildman–Crippen LogP) is 4.25. The molecule has 1 heterocycles. The number of anilines is 4. The molecule has 0 aliphatic rings. The lowest BCUT2D eigenvalue weighted by atomic mass is 10.2. The Hall–Kier alpha value is -3.61. The maximum atomic E-state index is 12.6. The van der Waals surface area contributed by atoms with Crippen LogP contribution in [0.1, 0.15) is 23.1 Å². The van der Waals surface area contributed by atoms with Crippen LogP contribution in [0.2, 0.25) is 0 Å². The number of rotatable bonds is 7. The van der Waals surface area contributed by atoms with Gasteiger partial charge < -0.3 is 20.3 Å². The largest absolute Gasteiger partial charge is 0.494 e. The quantitative estimate of drug-likeness (QED) is 0.627. The van der Waals surface area contributed by atoms with E-state index in [1.54, 1.807) is 18.2 Å². The maximum absolute atomic E-state index is 12.6. The summed E-state index contributed by atoms with van der Waals surface area (Å²) in [6.45, 7) is 4.35. The second-order valence-corrected chi connectivity index (χ2v) is 6.70. The van der Waals surface area contributed by atoms with Gasteiger partial charge in [0.05, 0.1) is 6.61 Å². The predicted molar refractivity (Wildman–Crippen MR) is 116 cm³/mol. The zero-order valence-corrected chi connectivity index (χ0v) is 17.1. The molecular formula is C22H25N5O2. The fraction of sp³-hybridized carbons (Fsp3) is 0.227. The number of nitrogens with one attached hydrogen (secondary N) is 2. The molecule has 0 radical (unpaired) electrons. The molecule has 0 spiro atoms. The molecular weight excluding hydrogens is 366 g/mol. The lowest BCUT2D eigenvalue weighted by Gasteiger charge is -2.13. The lowest BCUT2D eigenvalue weighted by Crippen LogP contribution is -2.15. The summed E-state index contributed by atoms with van der Waals surface area (Å²) in [4.78, 5) is 23.4. The molecule has 2 N–H and O–H groups in total. The van der Waals surface area contributed by atoms with Crippen molar-refractivity contribution in [1.29, 1.82) is 0 Å². The van der Waals surface area contributed by atoms with Crippen molar-refractivity contribution in [2.45, 2.75) is 13.8 Å². The van der Waals surface area contributed by atoms with E-state index in [1.165, 1.54) is 0 Å². The summed E-state index contributed by atoms with van der Waals surface area (Å²) < 4.78 is 5.41. The molecule has 7 nitrogen and oxygen atoms in total. The van der Waals surface area contributed by atoms with E-state index in [4.69, 9.17) is 4.74 Å². The summed E-state index contributed by atoms with van der Waals surface area (Å²) in [5.74, 6) is 0.834. The number of nitrogens with zero attached hydrogens (tertiary/aromatic N) is 3. The minimum Gasteiger partial charge on any atom is -0.494 e. The first-order valence-electron chi connectivity index (χ1n) is 9.39. The summed E-state index contributed by atoms with van der Waals surface area (Å²) in [6, 6.07) is 16.8. The molecule has 0 aliphatic heterocycles. The van der Waals surface area contributed by atoms with Gasteiger partial charge in [-0.3, -0.25) is 4.79 Å². The molecule has 150 valence electrons. The van der Waals surface area contributed by atoms with Crippen LogP contribution in [0.25, 0.3) is 0 Å². The molecule has 1 amide bonds. The number of aromatic nitrogens is 2. The Morgan fingerprint density at radius 3 is 2.28 bits per heavy atom. The number of hydrogen-bond donors (Lipinski definition) is 2. The highest BCUT2D eigenvalue weighted by Gasteiger charge is 2.11. The third-order valence-electron chi connectivity index (χ3n) is 4.15. The molecule has 0 atom stereocenters. The molecule has 3 aromatic rings. The van der Waals surface area contributed by atoms with E-state index >= 15 is 0 Å². The van der Waals surface area contributed by atoms with Gasteiger partial charge in [-0.1, -0.05) is 0 Å². The third kappa shape index (κ3) is 5.44. The second-order valence-electron chi connectivity index (χ2n) is 6.70. The first kappa shape index (κ1) is 20.1. The molecule has 2 aromatic carbocycles. The van der Waals surface area contributed by atoms with E-state index in [1.807, 2.05) is 69.2 Å². The third-order valence-corrected chi connectivity index (χ3v) is 4.15. The minimum absolute atomic E-state index is 0.291. The van der Waals surface area contributed by atoms with Crippen LogP contribution >= 0.6 is 0 Å². The molecule has 29 heavy (non-hydrogen) atoms. The molecule has 0 saturated carbocycles. The van der Waals surface area contributed by atoms with Crippen LogP contribution in [-0.2, 0) is 0 Å². The van der Waals surface area contributed by atoms with Crippen LogP contribution in [0.15, 0.2) is 54.6 Å². The van der Waals surface area contributed by atoms with Gasteiger partial charge in [0.25, 0.3) is 5.91 Å². The van der Waals surface area contributed by atoms with Crippen molar-refractivity contribution in [3.05, 3.63) is 66.0 Å². The van der Waals surface area contributed by atoms with Crippen LogP contribution in [0.4, 0.5) is 23.0 Å². The number of hydrogen-bond acceptors (Lipinski definition) is 6. The first-order valence-corrected chi connectivity index (χ1v) is 9.39. The van der Waals surface area contributed by atoms with Gasteiger partial charge in [-0.25, -0.2) is 9.97 Å². The number of ether oxygens (including phenoxy) is 1. The maximum Gasteiger partial charge on any atom is 0.274 e. The van der Waals surface area contributed by atoms with Crippen molar-refractivity contribution < 1.29 is 9.53 Å². The van der Waals surface area contributed by atoms with Crippen LogP contribution in [-0.4, -0.2) is 36.6 Å². The number of benzene rings is 2. The van der Waals surface area contributed by atoms with Crippen molar-refractivity contribution in [1.82, 2.24) is 9.97 Å². The van der Waals surface area contributed by atoms with E-state index in [0.29, 0.717) is 29.6 Å². The lowest BCUT2D eigenvalue weighted by molar-refractivity contribution is 0.102. The number of carbonyl (C=O) groups excluding carboxylic acids is 1. The zero-order chi connectivity index (χ0) is 20.8. The molecule has 3 rings (SSSR count). The molecule has 0 fully saturated rings. The highest BCUT2D eigenvalue weighted by atomic mass is 16.5. The normalized spacial score (nSPS) is 10.3. The van der Waals surface area contributed by atoms with E-state index in [-0.39, 0.29) is 5.91 Å². The first-order chi connectivity index (χ1) is 13.9. The van der Waals surface area contributed by atoms with Gasteiger partial charge in [0.2, 0.25) is 5.95 Å². The van der Waals surface area contributed by atoms with Crippen molar-refractivity contribution >= 4 is 28.9 Å². The van der Waals surface area contributed by atoms with Crippen LogP contribution in [0.5, 0.6) is 5.75 Å². The zero-order valence-electron chi connectivity index (χ0n) is 17.1. The Morgan fingerprint density at radius 1 is 1.00 bits per heavy atom. The van der Waals surface area contributed by atoms with Gasteiger partial charge in [-0.2, -0.15) is 0 Å². The Bertz CT molecular complexity index is 969. The summed E-state index contributed by atoms with van der Waals surface area (Å²) in [5, 5.41) is 6.00. The van der Waals surface area contributed by atoms with Gasteiger partial charge in [0, 0.05) is 36.9 Å². The number of carbonyl (C=O) groups is 1. The summed E-state index contributed by atoms with van der Waals surface area (Å²) in [7, 11) is 3.97. The molecule has 7 heteroatoms. The Labute approximate surface area is 170 Å². The molecule has 0 bridgehead atoms. The Kier molecular flexibility index (Phi) is 6.29. The van der Waals surface area contributed by atoms with E-state index in [0.717, 1.165) is 17.1 Å². The second kappa shape index (κ2) is 9.05. The van der Waals surface area contributed by atoms with E-state index in [2.05, 4.69) is 20.6 Å². The fourth-order valence-electron chi connectivity index (χ4n) is 2.71. The van der Waals surface area contributed by atoms with Gasteiger partial charge >= 0.3 is 0 Å². The average molecular weight is 391 g/mol.